The summed E-state index contributed by atoms with van der Waals surface area (Å²) in [7, 11) is 0. The summed E-state index contributed by atoms with van der Waals surface area (Å²) < 4.78 is 5.02. The van der Waals surface area contributed by atoms with Crippen molar-refractivity contribution in [2.45, 2.75) is 38.1 Å². The third kappa shape index (κ3) is 4.54. The van der Waals surface area contributed by atoms with Crippen LogP contribution >= 0.6 is 0 Å². The maximum absolute atomic E-state index is 12.7. The Morgan fingerprint density at radius 1 is 1.27 bits per heavy atom. The fourth-order valence-electron chi connectivity index (χ4n) is 3.69. The summed E-state index contributed by atoms with van der Waals surface area (Å²) in [5.41, 5.74) is 1.91. The van der Waals surface area contributed by atoms with Crippen LogP contribution in [0.25, 0.3) is 0 Å². The van der Waals surface area contributed by atoms with Crippen molar-refractivity contribution < 1.29 is 29.0 Å². The minimum atomic E-state index is -0.967. The number of urea groups is 1. The average molecular weight is 418 g/mol. The lowest BCUT2D eigenvalue weighted by Crippen LogP contribution is -2.52. The number of carbonyl (C=O) groups excluding carboxylic acids is 4. The quantitative estimate of drug-likeness (QED) is 0.379. The van der Waals surface area contributed by atoms with E-state index in [0.29, 0.717) is 29.5 Å². The molecule has 2 aliphatic rings. The number of ether oxygens (including phenoxy) is 1. The van der Waals surface area contributed by atoms with Gasteiger partial charge in [0, 0.05) is 12.2 Å². The smallest absolute Gasteiger partial charge is 0.344 e. The zero-order valence-corrected chi connectivity index (χ0v) is 16.8. The first-order valence-electron chi connectivity index (χ1n) is 9.93. The van der Waals surface area contributed by atoms with Gasteiger partial charge in [-0.15, -0.1) is 0 Å². The van der Waals surface area contributed by atoms with Gasteiger partial charge >= 0.3 is 12.0 Å². The molecule has 30 heavy (non-hydrogen) atoms. The number of nitrogens with one attached hydrogen (secondary N) is 3. The molecule has 4 N–H and O–H groups in total. The van der Waals surface area contributed by atoms with Crippen LogP contribution in [0.1, 0.15) is 43.0 Å². The zero-order valence-electron chi connectivity index (χ0n) is 16.8. The van der Waals surface area contributed by atoms with Crippen molar-refractivity contribution in [3.63, 3.8) is 0 Å². The molecule has 0 aromatic heterocycles. The number of benzene rings is 1. The summed E-state index contributed by atoms with van der Waals surface area (Å²) in [5.74, 6) is -1.55. The molecule has 10 heteroatoms. The first-order valence-corrected chi connectivity index (χ1v) is 9.93. The molecule has 1 heterocycles. The number of para-hydroxylation sites is 1. The minimum Gasteiger partial charge on any atom is -0.452 e. The first-order chi connectivity index (χ1) is 14.4. The number of aliphatic hydroxyl groups is 1. The molecule has 4 amide bonds. The Balaban J connectivity index is 1.56. The number of hydrogen-bond acceptors (Lipinski definition) is 7. The Morgan fingerprint density at radius 3 is 2.67 bits per heavy atom. The molecule has 1 saturated heterocycles. The normalized spacial score (nSPS) is 23.3. The highest BCUT2D eigenvalue weighted by molar-refractivity contribution is 6.08. The molecule has 2 fully saturated rings. The van der Waals surface area contributed by atoms with E-state index in [1.54, 1.807) is 18.2 Å². The molecule has 1 spiro atoms. The predicted octanol–water partition coefficient (Wildman–Crippen LogP) is 0.779. The molecule has 3 rings (SSSR count). The van der Waals surface area contributed by atoms with Crippen molar-refractivity contribution >= 4 is 29.5 Å². The van der Waals surface area contributed by atoms with E-state index in [1.807, 2.05) is 0 Å². The molecule has 0 bridgehead atoms. The molecule has 1 saturated carbocycles. The van der Waals surface area contributed by atoms with Gasteiger partial charge in [-0.05, 0) is 43.7 Å². The van der Waals surface area contributed by atoms with E-state index in [0.717, 1.165) is 12.8 Å². The Kier molecular flexibility index (Phi) is 6.56. The van der Waals surface area contributed by atoms with Gasteiger partial charge < -0.3 is 20.5 Å². The second kappa shape index (κ2) is 9.12. The third-order valence-electron chi connectivity index (χ3n) is 5.43. The van der Waals surface area contributed by atoms with Crippen LogP contribution in [0.2, 0.25) is 0 Å². The van der Waals surface area contributed by atoms with E-state index in [9.17, 15) is 19.2 Å². The standard InChI is InChI=1S/C20H26N4O6/c1-13-6-8-20(9-7-13)18(28)24(19(29)22-20)23-16(26)12-30-17(27)14-4-2-3-5-15(14)21-10-11-25/h2-5,13,21,25H,6-12H2,1H3,(H,22,29)(H,23,26). The van der Waals surface area contributed by atoms with Crippen LogP contribution in [0.5, 0.6) is 0 Å². The second-order valence-corrected chi connectivity index (χ2v) is 7.64. The molecule has 0 unspecified atom stereocenters. The Hall–Kier alpha value is -3.14. The summed E-state index contributed by atoms with van der Waals surface area (Å²) in [5, 5.41) is 15.2. The maximum atomic E-state index is 12.7. The van der Waals surface area contributed by atoms with Crippen LogP contribution in [0.3, 0.4) is 0 Å². The Morgan fingerprint density at radius 2 is 1.97 bits per heavy atom. The molecule has 10 nitrogen and oxygen atoms in total. The number of esters is 1. The number of rotatable bonds is 7. The number of anilines is 1. The lowest BCUT2D eigenvalue weighted by molar-refractivity contribution is -0.141. The number of hydrazine groups is 1. The highest BCUT2D eigenvalue weighted by Crippen LogP contribution is 2.35. The van der Waals surface area contributed by atoms with Crippen LogP contribution in [0.4, 0.5) is 10.5 Å². The molecule has 1 aliphatic heterocycles. The summed E-state index contributed by atoms with van der Waals surface area (Å²) in [4.78, 5) is 49.5. The number of amides is 4. The van der Waals surface area contributed by atoms with Crippen LogP contribution in [0, 0.1) is 5.92 Å². The van der Waals surface area contributed by atoms with E-state index >= 15 is 0 Å². The van der Waals surface area contributed by atoms with Gasteiger partial charge in [-0.1, -0.05) is 19.1 Å². The monoisotopic (exact) mass is 418 g/mol. The van der Waals surface area contributed by atoms with E-state index in [4.69, 9.17) is 9.84 Å². The Bertz CT molecular complexity index is 834. The van der Waals surface area contributed by atoms with Gasteiger partial charge in [-0.3, -0.25) is 15.0 Å². The van der Waals surface area contributed by atoms with Gasteiger partial charge in [-0.2, -0.15) is 5.01 Å². The number of imide groups is 1. The maximum Gasteiger partial charge on any atom is 0.344 e. The molecule has 1 aromatic rings. The van der Waals surface area contributed by atoms with Gasteiger partial charge in [0.05, 0.1) is 12.2 Å². The van der Waals surface area contributed by atoms with Crippen LogP contribution in [-0.2, 0) is 14.3 Å². The van der Waals surface area contributed by atoms with Crippen LogP contribution in [-0.4, -0.2) is 59.2 Å². The number of aliphatic hydroxyl groups excluding tert-OH is 1. The topological polar surface area (TPSA) is 137 Å². The molecule has 0 atom stereocenters. The van der Waals surface area contributed by atoms with Crippen molar-refractivity contribution in [1.82, 2.24) is 15.8 Å². The molecule has 1 aliphatic carbocycles. The van der Waals surface area contributed by atoms with Gasteiger partial charge in [0.15, 0.2) is 6.61 Å². The van der Waals surface area contributed by atoms with E-state index in [1.165, 1.54) is 6.07 Å². The largest absolute Gasteiger partial charge is 0.452 e. The van der Waals surface area contributed by atoms with E-state index < -0.39 is 36.0 Å². The molecule has 0 radical (unpaired) electrons. The third-order valence-corrected chi connectivity index (χ3v) is 5.43. The average Bonchev–Trinajstić information content (AvgIpc) is 2.97. The highest BCUT2D eigenvalue weighted by atomic mass is 16.5. The van der Waals surface area contributed by atoms with Gasteiger partial charge in [0.1, 0.15) is 5.54 Å². The van der Waals surface area contributed by atoms with Crippen molar-refractivity contribution in [3.8, 4) is 0 Å². The highest BCUT2D eigenvalue weighted by Gasteiger charge is 2.52. The minimum absolute atomic E-state index is 0.113. The number of hydrogen-bond donors (Lipinski definition) is 4. The van der Waals surface area contributed by atoms with Gasteiger partial charge in [0.25, 0.3) is 11.8 Å². The lowest BCUT2D eigenvalue weighted by Gasteiger charge is -2.33. The van der Waals surface area contributed by atoms with Crippen LogP contribution < -0.4 is 16.1 Å². The van der Waals surface area contributed by atoms with Crippen molar-refractivity contribution in [2.24, 2.45) is 5.92 Å². The number of nitrogens with zero attached hydrogens (tertiary/aromatic N) is 1. The van der Waals surface area contributed by atoms with Gasteiger partial charge in [0.2, 0.25) is 0 Å². The van der Waals surface area contributed by atoms with E-state index in [-0.39, 0.29) is 18.7 Å². The first kappa shape index (κ1) is 21.6. The van der Waals surface area contributed by atoms with Crippen molar-refractivity contribution in [2.75, 3.05) is 25.1 Å². The molecule has 1 aromatic carbocycles. The SMILES string of the molecule is CC1CCC2(CC1)NC(=O)N(NC(=O)COC(=O)c1ccccc1NCCO)C2=O. The number of carbonyl (C=O) groups is 4. The molecular weight excluding hydrogens is 392 g/mol. The van der Waals surface area contributed by atoms with Crippen molar-refractivity contribution in [1.29, 1.82) is 0 Å². The van der Waals surface area contributed by atoms with Crippen LogP contribution in [0.15, 0.2) is 24.3 Å². The lowest BCUT2D eigenvalue weighted by atomic mass is 9.77. The van der Waals surface area contributed by atoms with Crippen molar-refractivity contribution in [3.05, 3.63) is 29.8 Å². The molecular formula is C20H26N4O6. The second-order valence-electron chi connectivity index (χ2n) is 7.64. The van der Waals surface area contributed by atoms with Gasteiger partial charge in [-0.25, -0.2) is 9.59 Å². The summed E-state index contributed by atoms with van der Waals surface area (Å²) in [6.45, 7) is 1.57. The zero-order chi connectivity index (χ0) is 21.7. The predicted molar refractivity (Wildman–Crippen MR) is 106 cm³/mol. The summed E-state index contributed by atoms with van der Waals surface area (Å²) >= 11 is 0. The fraction of sp³-hybridized carbons (Fsp3) is 0.500. The van der Waals surface area contributed by atoms with E-state index in [2.05, 4.69) is 23.0 Å². The molecule has 162 valence electrons. The summed E-state index contributed by atoms with van der Waals surface area (Å²) in [6, 6.07) is 5.82. The fourth-order valence-corrected chi connectivity index (χ4v) is 3.69. The summed E-state index contributed by atoms with van der Waals surface area (Å²) in [6.07, 6.45) is 2.68. The Labute approximate surface area is 173 Å².